The lowest BCUT2D eigenvalue weighted by molar-refractivity contribution is 0.0908. The molecule has 0 saturated heterocycles. The Morgan fingerprint density at radius 1 is 1.10 bits per heavy atom. The van der Waals surface area contributed by atoms with Crippen LogP contribution in [-0.4, -0.2) is 32.0 Å². The van der Waals surface area contributed by atoms with E-state index in [1.54, 1.807) is 20.1 Å². The van der Waals surface area contributed by atoms with Crippen LogP contribution in [0.3, 0.4) is 0 Å². The van der Waals surface area contributed by atoms with E-state index in [0.717, 1.165) is 18.6 Å². The molecule has 0 saturated carbocycles. The summed E-state index contributed by atoms with van der Waals surface area (Å²) in [6.45, 7) is 7.82. The van der Waals surface area contributed by atoms with E-state index in [-0.39, 0.29) is 0 Å². The molecule has 0 fully saturated rings. The molecule has 1 aromatic rings. The van der Waals surface area contributed by atoms with Gasteiger partial charge < -0.3 is 19.3 Å². The fourth-order valence-corrected chi connectivity index (χ4v) is 1.74. The van der Waals surface area contributed by atoms with Crippen molar-refractivity contribution < 1.29 is 19.3 Å². The van der Waals surface area contributed by atoms with Gasteiger partial charge in [-0.15, -0.1) is 0 Å². The number of aliphatic hydroxyl groups excluding tert-OH is 1. The maximum Gasteiger partial charge on any atom is 0.128 e. The smallest absolute Gasteiger partial charge is 0.128 e. The molecular formula is C16H26O4. The van der Waals surface area contributed by atoms with Crippen molar-refractivity contribution in [2.45, 2.75) is 33.3 Å². The van der Waals surface area contributed by atoms with Crippen molar-refractivity contribution in [3.8, 4) is 11.5 Å². The predicted octanol–water partition coefficient (Wildman–Crippen LogP) is 3.19. The van der Waals surface area contributed by atoms with Crippen LogP contribution in [-0.2, 0) is 4.74 Å². The first-order valence-corrected chi connectivity index (χ1v) is 7.11. The molecular weight excluding hydrogens is 256 g/mol. The molecule has 0 aliphatic carbocycles. The van der Waals surface area contributed by atoms with Crippen LogP contribution in [0.1, 0.15) is 38.9 Å². The van der Waals surface area contributed by atoms with E-state index in [4.69, 9.17) is 14.2 Å². The third-order valence-electron chi connectivity index (χ3n) is 3.00. The first-order chi connectivity index (χ1) is 9.54. The quantitative estimate of drug-likeness (QED) is 0.707. The molecule has 4 nitrogen and oxygen atoms in total. The molecule has 0 heterocycles. The number of ether oxygens (including phenoxy) is 3. The van der Waals surface area contributed by atoms with Crippen molar-refractivity contribution in [2.24, 2.45) is 5.92 Å². The maximum atomic E-state index is 9.72. The minimum absolute atomic E-state index is 0.463. The number of rotatable bonds is 9. The molecule has 0 aliphatic heterocycles. The van der Waals surface area contributed by atoms with Gasteiger partial charge >= 0.3 is 0 Å². The fourth-order valence-electron chi connectivity index (χ4n) is 1.74. The zero-order valence-electron chi connectivity index (χ0n) is 12.9. The van der Waals surface area contributed by atoms with Gasteiger partial charge in [-0.05, 0) is 31.4 Å². The van der Waals surface area contributed by atoms with Gasteiger partial charge in [-0.3, -0.25) is 0 Å². The Morgan fingerprint density at radius 2 is 1.85 bits per heavy atom. The molecule has 0 aliphatic rings. The van der Waals surface area contributed by atoms with E-state index in [9.17, 15) is 5.11 Å². The first-order valence-electron chi connectivity index (χ1n) is 7.11. The Balaban J connectivity index is 2.45. The standard InChI is InChI=1S/C16H26O4/c1-12(2)7-8-19-9-10-20-16-11-14(18-4)5-6-15(16)13(3)17/h5-6,11-13,17H,7-10H2,1-4H3/t13-/m0/s1. The molecule has 1 rings (SSSR count). The lowest BCUT2D eigenvalue weighted by Gasteiger charge is -2.15. The lowest BCUT2D eigenvalue weighted by atomic mass is 10.1. The third kappa shape index (κ3) is 5.80. The molecule has 0 unspecified atom stereocenters. The summed E-state index contributed by atoms with van der Waals surface area (Å²) in [6.07, 6.45) is 0.482. The summed E-state index contributed by atoms with van der Waals surface area (Å²) in [5, 5.41) is 9.72. The molecule has 0 bridgehead atoms. The predicted molar refractivity (Wildman–Crippen MR) is 79.4 cm³/mol. The highest BCUT2D eigenvalue weighted by Gasteiger charge is 2.10. The van der Waals surface area contributed by atoms with Gasteiger partial charge in [0.1, 0.15) is 18.1 Å². The van der Waals surface area contributed by atoms with E-state index in [1.807, 2.05) is 12.1 Å². The molecule has 1 N–H and O–H groups in total. The molecule has 20 heavy (non-hydrogen) atoms. The zero-order valence-corrected chi connectivity index (χ0v) is 12.9. The summed E-state index contributed by atoms with van der Waals surface area (Å²) in [5.74, 6) is 2.01. The summed E-state index contributed by atoms with van der Waals surface area (Å²) in [5.41, 5.74) is 0.757. The van der Waals surface area contributed by atoms with Gasteiger partial charge in [-0.1, -0.05) is 13.8 Å². The molecule has 0 aromatic heterocycles. The second kappa shape index (κ2) is 8.82. The minimum Gasteiger partial charge on any atom is -0.497 e. The Morgan fingerprint density at radius 3 is 2.45 bits per heavy atom. The van der Waals surface area contributed by atoms with Gasteiger partial charge in [0.25, 0.3) is 0 Å². The summed E-state index contributed by atoms with van der Waals surface area (Å²) in [7, 11) is 1.61. The van der Waals surface area contributed by atoms with Crippen LogP contribution in [0.25, 0.3) is 0 Å². The maximum absolute atomic E-state index is 9.72. The molecule has 1 atom stereocenters. The summed E-state index contributed by atoms with van der Waals surface area (Å²) >= 11 is 0. The SMILES string of the molecule is COc1ccc([C@H](C)O)c(OCCOCCC(C)C)c1. The van der Waals surface area contributed by atoms with E-state index < -0.39 is 6.10 Å². The summed E-state index contributed by atoms with van der Waals surface area (Å²) in [6, 6.07) is 5.42. The van der Waals surface area contributed by atoms with Gasteiger partial charge in [-0.25, -0.2) is 0 Å². The molecule has 0 spiro atoms. The number of hydrogen-bond donors (Lipinski definition) is 1. The minimum atomic E-state index is -0.572. The van der Waals surface area contributed by atoms with Gasteiger partial charge in [0.05, 0.1) is 19.8 Å². The van der Waals surface area contributed by atoms with Crippen LogP contribution in [0.5, 0.6) is 11.5 Å². The average Bonchev–Trinajstić information content (AvgIpc) is 2.41. The van der Waals surface area contributed by atoms with Crippen LogP contribution in [0, 0.1) is 5.92 Å². The molecule has 1 aromatic carbocycles. The van der Waals surface area contributed by atoms with Crippen LogP contribution in [0.15, 0.2) is 18.2 Å². The number of aliphatic hydroxyl groups is 1. The van der Waals surface area contributed by atoms with Gasteiger partial charge in [-0.2, -0.15) is 0 Å². The van der Waals surface area contributed by atoms with Crippen molar-refractivity contribution in [1.82, 2.24) is 0 Å². The van der Waals surface area contributed by atoms with Crippen LogP contribution in [0.2, 0.25) is 0 Å². The number of hydrogen-bond acceptors (Lipinski definition) is 4. The van der Waals surface area contributed by atoms with E-state index >= 15 is 0 Å². The highest BCUT2D eigenvalue weighted by molar-refractivity contribution is 5.41. The average molecular weight is 282 g/mol. The van der Waals surface area contributed by atoms with E-state index in [0.29, 0.717) is 30.6 Å². The third-order valence-corrected chi connectivity index (χ3v) is 3.00. The van der Waals surface area contributed by atoms with E-state index in [1.165, 1.54) is 0 Å². The monoisotopic (exact) mass is 282 g/mol. The van der Waals surface area contributed by atoms with Crippen molar-refractivity contribution in [2.75, 3.05) is 26.9 Å². The first kappa shape index (κ1) is 16.8. The molecule has 0 radical (unpaired) electrons. The second-order valence-electron chi connectivity index (χ2n) is 5.22. The van der Waals surface area contributed by atoms with Crippen molar-refractivity contribution in [1.29, 1.82) is 0 Å². The van der Waals surface area contributed by atoms with Crippen molar-refractivity contribution in [3.63, 3.8) is 0 Å². The topological polar surface area (TPSA) is 47.9 Å². The normalized spacial score (nSPS) is 12.5. The van der Waals surface area contributed by atoms with Crippen LogP contribution in [0.4, 0.5) is 0 Å². The largest absolute Gasteiger partial charge is 0.497 e. The fraction of sp³-hybridized carbons (Fsp3) is 0.625. The van der Waals surface area contributed by atoms with Crippen molar-refractivity contribution in [3.05, 3.63) is 23.8 Å². The van der Waals surface area contributed by atoms with Gasteiger partial charge in [0, 0.05) is 18.2 Å². The van der Waals surface area contributed by atoms with Gasteiger partial charge in [0.15, 0.2) is 0 Å². The highest BCUT2D eigenvalue weighted by atomic mass is 16.5. The van der Waals surface area contributed by atoms with Crippen LogP contribution < -0.4 is 9.47 Å². The van der Waals surface area contributed by atoms with Crippen LogP contribution >= 0.6 is 0 Å². The van der Waals surface area contributed by atoms with E-state index in [2.05, 4.69) is 13.8 Å². The Bertz CT molecular complexity index is 388. The second-order valence-corrected chi connectivity index (χ2v) is 5.22. The molecule has 0 amide bonds. The molecule has 4 heteroatoms. The molecule has 114 valence electrons. The Kier molecular flexibility index (Phi) is 7.41. The number of methoxy groups -OCH3 is 1. The number of benzene rings is 1. The lowest BCUT2D eigenvalue weighted by Crippen LogP contribution is -2.10. The Hall–Kier alpha value is -1.26. The summed E-state index contributed by atoms with van der Waals surface area (Å²) in [4.78, 5) is 0. The highest BCUT2D eigenvalue weighted by Crippen LogP contribution is 2.29. The van der Waals surface area contributed by atoms with Crippen molar-refractivity contribution >= 4 is 0 Å². The summed E-state index contributed by atoms with van der Waals surface area (Å²) < 4.78 is 16.4. The van der Waals surface area contributed by atoms with Gasteiger partial charge in [0.2, 0.25) is 0 Å². The Labute approximate surface area is 121 Å². The zero-order chi connectivity index (χ0) is 15.0.